The van der Waals surface area contributed by atoms with Gasteiger partial charge in [-0.2, -0.15) is 0 Å². The Bertz CT molecular complexity index is 824. The predicted molar refractivity (Wildman–Crippen MR) is 118 cm³/mol. The Morgan fingerprint density at radius 1 is 0.966 bits per heavy atom. The van der Waals surface area contributed by atoms with Crippen LogP contribution in [0.5, 0.6) is 5.75 Å². The number of amides is 1. The highest BCUT2D eigenvalue weighted by Gasteiger charge is 2.14. The molecule has 6 nitrogen and oxygen atoms in total. The maximum atomic E-state index is 11.8. The molecular weight excluding hydrogens is 364 g/mol. The molecule has 2 aromatic rings. The molecule has 0 bridgehead atoms. The summed E-state index contributed by atoms with van der Waals surface area (Å²) in [5.74, 6) is 1.51. The maximum Gasteiger partial charge on any atom is 0.251 e. The molecule has 0 heterocycles. The summed E-state index contributed by atoms with van der Waals surface area (Å²) in [5.41, 5.74) is 2.54. The number of carbonyl (C=O) groups excluding carboxylic acids is 1. The fourth-order valence-electron chi connectivity index (χ4n) is 2.70. The minimum Gasteiger partial charge on any atom is -0.488 e. The van der Waals surface area contributed by atoms with Gasteiger partial charge in [0.05, 0.1) is 0 Å². The van der Waals surface area contributed by atoms with Crippen molar-refractivity contribution < 1.29 is 9.53 Å². The highest BCUT2D eigenvalue weighted by molar-refractivity contribution is 5.94. The van der Waals surface area contributed by atoms with Crippen LogP contribution in [0.2, 0.25) is 0 Å². The molecule has 0 aromatic heterocycles. The van der Waals surface area contributed by atoms with Crippen molar-refractivity contribution in [1.82, 2.24) is 16.0 Å². The number of nitrogens with zero attached hydrogens (tertiary/aromatic N) is 1. The van der Waals surface area contributed by atoms with E-state index < -0.39 is 0 Å². The molecule has 0 atom stereocenters. The molecule has 0 spiro atoms. The monoisotopic (exact) mass is 396 g/mol. The Hall–Kier alpha value is -3.02. The SMILES string of the molecule is CCNC(=O)c1ccc(CNC(=NC)NCc2ccccc2OC(C)(C)C)cc1. The molecule has 0 saturated heterocycles. The van der Waals surface area contributed by atoms with Crippen molar-refractivity contribution in [3.63, 3.8) is 0 Å². The summed E-state index contributed by atoms with van der Waals surface area (Å²) in [6.07, 6.45) is 0. The number of aliphatic imine (C=N–C) groups is 1. The molecule has 0 fully saturated rings. The van der Waals surface area contributed by atoms with Crippen molar-refractivity contribution in [2.75, 3.05) is 13.6 Å². The van der Waals surface area contributed by atoms with Gasteiger partial charge in [-0.1, -0.05) is 30.3 Å². The lowest BCUT2D eigenvalue weighted by molar-refractivity contribution is 0.0955. The number of carbonyl (C=O) groups is 1. The van der Waals surface area contributed by atoms with Crippen LogP contribution in [0, 0.1) is 0 Å². The summed E-state index contributed by atoms with van der Waals surface area (Å²) >= 11 is 0. The average molecular weight is 397 g/mol. The van der Waals surface area contributed by atoms with Gasteiger partial charge in [-0.25, -0.2) is 0 Å². The molecule has 6 heteroatoms. The number of nitrogens with one attached hydrogen (secondary N) is 3. The number of ether oxygens (including phenoxy) is 1. The molecule has 0 radical (unpaired) electrons. The Kier molecular flexibility index (Phi) is 8.07. The summed E-state index contributed by atoms with van der Waals surface area (Å²) in [6, 6.07) is 15.5. The van der Waals surface area contributed by atoms with Crippen LogP contribution in [0.25, 0.3) is 0 Å². The fraction of sp³-hybridized carbons (Fsp3) is 0.391. The number of para-hydroxylation sites is 1. The van der Waals surface area contributed by atoms with Gasteiger partial charge in [0.2, 0.25) is 0 Å². The van der Waals surface area contributed by atoms with Gasteiger partial charge in [-0.05, 0) is 51.5 Å². The zero-order valence-electron chi connectivity index (χ0n) is 18.0. The lowest BCUT2D eigenvalue weighted by Crippen LogP contribution is -2.36. The first-order valence-corrected chi connectivity index (χ1v) is 9.91. The largest absolute Gasteiger partial charge is 0.488 e. The van der Waals surface area contributed by atoms with Crippen LogP contribution in [0.4, 0.5) is 0 Å². The summed E-state index contributed by atoms with van der Waals surface area (Å²) in [5, 5.41) is 9.42. The predicted octanol–water partition coefficient (Wildman–Crippen LogP) is 3.48. The van der Waals surface area contributed by atoms with E-state index in [9.17, 15) is 4.79 Å². The molecule has 2 rings (SSSR count). The van der Waals surface area contributed by atoms with Gasteiger partial charge >= 0.3 is 0 Å². The number of benzene rings is 2. The summed E-state index contributed by atoms with van der Waals surface area (Å²) < 4.78 is 6.04. The van der Waals surface area contributed by atoms with Crippen molar-refractivity contribution in [2.45, 2.75) is 46.4 Å². The van der Waals surface area contributed by atoms with Crippen molar-refractivity contribution in [2.24, 2.45) is 4.99 Å². The summed E-state index contributed by atoms with van der Waals surface area (Å²) in [7, 11) is 1.74. The second-order valence-corrected chi connectivity index (χ2v) is 7.66. The average Bonchev–Trinajstić information content (AvgIpc) is 2.68. The number of guanidine groups is 1. The lowest BCUT2D eigenvalue weighted by Gasteiger charge is -2.23. The number of rotatable bonds is 7. The molecule has 0 aliphatic carbocycles. The van der Waals surface area contributed by atoms with Gasteiger partial charge < -0.3 is 20.7 Å². The molecule has 29 heavy (non-hydrogen) atoms. The molecule has 0 unspecified atom stereocenters. The molecule has 0 aliphatic rings. The second kappa shape index (κ2) is 10.5. The van der Waals surface area contributed by atoms with Gasteiger partial charge in [0.15, 0.2) is 5.96 Å². The first kappa shape index (κ1) is 22.3. The Balaban J connectivity index is 1.91. The summed E-state index contributed by atoms with van der Waals surface area (Å²) in [4.78, 5) is 16.1. The fourth-order valence-corrected chi connectivity index (χ4v) is 2.70. The Labute approximate surface area is 173 Å². The van der Waals surface area contributed by atoms with E-state index in [1.54, 1.807) is 7.05 Å². The van der Waals surface area contributed by atoms with E-state index in [0.29, 0.717) is 31.2 Å². The van der Waals surface area contributed by atoms with Gasteiger partial charge in [-0.3, -0.25) is 9.79 Å². The molecule has 0 saturated carbocycles. The van der Waals surface area contributed by atoms with E-state index in [4.69, 9.17) is 4.74 Å². The van der Waals surface area contributed by atoms with E-state index in [2.05, 4.69) is 20.9 Å². The van der Waals surface area contributed by atoms with Gasteiger partial charge in [0.1, 0.15) is 11.4 Å². The zero-order valence-corrected chi connectivity index (χ0v) is 18.0. The number of hydrogen-bond donors (Lipinski definition) is 3. The molecule has 0 aliphatic heterocycles. The smallest absolute Gasteiger partial charge is 0.251 e. The van der Waals surface area contributed by atoms with Crippen molar-refractivity contribution in [3.05, 3.63) is 65.2 Å². The standard InChI is InChI=1S/C23H32N4O2/c1-6-25-21(28)18-13-11-17(12-14-18)15-26-22(24-5)27-16-19-9-7-8-10-20(19)29-23(2,3)4/h7-14H,6,15-16H2,1-5H3,(H,25,28)(H2,24,26,27). The maximum absolute atomic E-state index is 11.8. The van der Waals surface area contributed by atoms with Crippen LogP contribution >= 0.6 is 0 Å². The number of hydrogen-bond acceptors (Lipinski definition) is 3. The van der Waals surface area contributed by atoms with Gasteiger partial charge in [-0.15, -0.1) is 0 Å². The van der Waals surface area contributed by atoms with Crippen LogP contribution in [-0.2, 0) is 13.1 Å². The third-order valence-corrected chi connectivity index (χ3v) is 4.07. The first-order chi connectivity index (χ1) is 13.8. The van der Waals surface area contributed by atoms with Crippen molar-refractivity contribution in [3.8, 4) is 5.75 Å². The van der Waals surface area contributed by atoms with Crippen LogP contribution in [0.3, 0.4) is 0 Å². The van der Waals surface area contributed by atoms with Crippen molar-refractivity contribution >= 4 is 11.9 Å². The third kappa shape index (κ3) is 7.49. The normalized spacial score (nSPS) is 11.7. The molecule has 156 valence electrons. The molecule has 2 aromatic carbocycles. The minimum absolute atomic E-state index is 0.0550. The van der Waals surface area contributed by atoms with E-state index in [0.717, 1.165) is 16.9 Å². The zero-order chi connectivity index (χ0) is 21.3. The highest BCUT2D eigenvalue weighted by Crippen LogP contribution is 2.22. The quantitative estimate of drug-likeness (QED) is 0.495. The first-order valence-electron chi connectivity index (χ1n) is 9.91. The second-order valence-electron chi connectivity index (χ2n) is 7.66. The Morgan fingerprint density at radius 3 is 2.24 bits per heavy atom. The van der Waals surface area contributed by atoms with Crippen LogP contribution in [-0.4, -0.2) is 31.1 Å². The van der Waals surface area contributed by atoms with Crippen LogP contribution in [0.1, 0.15) is 49.2 Å². The molecule has 3 N–H and O–H groups in total. The molecular formula is C23H32N4O2. The van der Waals surface area contributed by atoms with E-state index in [-0.39, 0.29) is 11.5 Å². The van der Waals surface area contributed by atoms with Gasteiger partial charge in [0.25, 0.3) is 5.91 Å². The highest BCUT2D eigenvalue weighted by atomic mass is 16.5. The third-order valence-electron chi connectivity index (χ3n) is 4.07. The minimum atomic E-state index is -0.254. The van der Waals surface area contributed by atoms with E-state index in [1.807, 2.05) is 76.2 Å². The Morgan fingerprint density at radius 2 is 1.62 bits per heavy atom. The van der Waals surface area contributed by atoms with Gasteiger partial charge in [0, 0.05) is 37.8 Å². The van der Waals surface area contributed by atoms with Crippen LogP contribution in [0.15, 0.2) is 53.5 Å². The van der Waals surface area contributed by atoms with E-state index in [1.165, 1.54) is 0 Å². The van der Waals surface area contributed by atoms with E-state index >= 15 is 0 Å². The van der Waals surface area contributed by atoms with Crippen LogP contribution < -0.4 is 20.7 Å². The lowest BCUT2D eigenvalue weighted by atomic mass is 10.1. The summed E-state index contributed by atoms with van der Waals surface area (Å²) in [6.45, 7) is 9.84. The topological polar surface area (TPSA) is 74.8 Å². The molecule has 1 amide bonds. The van der Waals surface area contributed by atoms with Crippen molar-refractivity contribution in [1.29, 1.82) is 0 Å².